The zero-order valence-electron chi connectivity index (χ0n) is 13.2. The lowest BCUT2D eigenvalue weighted by atomic mass is 10.0. The molecule has 1 amide bonds. The zero-order valence-corrected chi connectivity index (χ0v) is 14.1. The number of likely N-dealkylation sites (tertiary alicyclic amines) is 1. The van der Waals surface area contributed by atoms with Crippen molar-refractivity contribution in [1.29, 1.82) is 0 Å². The van der Waals surface area contributed by atoms with Gasteiger partial charge in [0.2, 0.25) is 0 Å². The fourth-order valence-electron chi connectivity index (χ4n) is 2.95. The normalized spacial score (nSPS) is 17.3. The molecule has 4 nitrogen and oxygen atoms in total. The van der Waals surface area contributed by atoms with Crippen molar-refractivity contribution in [2.75, 3.05) is 13.7 Å². The van der Waals surface area contributed by atoms with Gasteiger partial charge in [-0.3, -0.25) is 4.79 Å². The van der Waals surface area contributed by atoms with E-state index in [0.717, 1.165) is 19.4 Å². The number of rotatable bonds is 3. The molecule has 1 aromatic carbocycles. The van der Waals surface area contributed by atoms with Gasteiger partial charge in [0.05, 0.1) is 18.0 Å². The van der Waals surface area contributed by atoms with Crippen LogP contribution in [0.5, 0.6) is 0 Å². The topological polar surface area (TPSA) is 46.6 Å². The molecule has 1 saturated heterocycles. The summed E-state index contributed by atoms with van der Waals surface area (Å²) >= 11 is 1.19. The van der Waals surface area contributed by atoms with Crippen LogP contribution in [0.1, 0.15) is 49.4 Å². The third-order valence-corrected chi connectivity index (χ3v) is 5.23. The molecule has 5 heteroatoms. The number of amides is 1. The third-order valence-electron chi connectivity index (χ3n) is 4.18. The number of hydrogen-bond donors (Lipinski definition) is 0. The number of nitrogens with zero attached hydrogens (tertiary/aromatic N) is 1. The number of carbonyl (C=O) groups is 2. The second-order valence-corrected chi connectivity index (χ2v) is 6.81. The summed E-state index contributed by atoms with van der Waals surface area (Å²) in [4.78, 5) is 27.3. The first-order valence-corrected chi connectivity index (χ1v) is 8.47. The smallest absolute Gasteiger partial charge is 0.348 e. The van der Waals surface area contributed by atoms with Crippen molar-refractivity contribution in [3.8, 4) is 0 Å². The van der Waals surface area contributed by atoms with Gasteiger partial charge in [-0.15, -0.1) is 11.3 Å². The van der Waals surface area contributed by atoms with Crippen molar-refractivity contribution in [2.24, 2.45) is 0 Å². The Balaban J connectivity index is 1.82. The van der Waals surface area contributed by atoms with Crippen LogP contribution in [0.2, 0.25) is 0 Å². The molecule has 1 unspecified atom stereocenters. The largest absolute Gasteiger partial charge is 0.465 e. The summed E-state index contributed by atoms with van der Waals surface area (Å²) in [5.74, 6) is -0.404. The number of esters is 1. The van der Waals surface area contributed by atoms with E-state index < -0.39 is 5.97 Å². The number of aryl methyl sites for hydroxylation is 1. The minimum absolute atomic E-state index is 0.00627. The number of benzene rings is 1. The van der Waals surface area contributed by atoms with Crippen LogP contribution in [0.3, 0.4) is 0 Å². The van der Waals surface area contributed by atoms with Gasteiger partial charge in [-0.1, -0.05) is 29.8 Å². The van der Waals surface area contributed by atoms with E-state index in [9.17, 15) is 9.59 Å². The van der Waals surface area contributed by atoms with Crippen LogP contribution < -0.4 is 0 Å². The monoisotopic (exact) mass is 329 g/mol. The van der Waals surface area contributed by atoms with Crippen LogP contribution in [0.15, 0.2) is 36.4 Å². The van der Waals surface area contributed by atoms with Crippen molar-refractivity contribution < 1.29 is 14.3 Å². The van der Waals surface area contributed by atoms with Gasteiger partial charge in [0.1, 0.15) is 4.88 Å². The highest BCUT2D eigenvalue weighted by Gasteiger charge is 2.31. The Morgan fingerprint density at radius 3 is 2.52 bits per heavy atom. The second-order valence-electron chi connectivity index (χ2n) is 5.72. The predicted molar refractivity (Wildman–Crippen MR) is 89.8 cm³/mol. The van der Waals surface area contributed by atoms with Crippen molar-refractivity contribution >= 4 is 23.2 Å². The lowest BCUT2D eigenvalue weighted by Crippen LogP contribution is -2.29. The van der Waals surface area contributed by atoms with Crippen LogP contribution in [0.25, 0.3) is 0 Å². The number of methoxy groups -OCH3 is 1. The summed E-state index contributed by atoms with van der Waals surface area (Å²) in [5, 5.41) is 0. The Morgan fingerprint density at radius 2 is 1.83 bits per heavy atom. The minimum Gasteiger partial charge on any atom is -0.465 e. The first-order chi connectivity index (χ1) is 11.1. The van der Waals surface area contributed by atoms with Crippen LogP contribution in [0, 0.1) is 6.92 Å². The molecule has 0 radical (unpaired) electrons. The summed E-state index contributed by atoms with van der Waals surface area (Å²) < 4.78 is 4.70. The lowest BCUT2D eigenvalue weighted by molar-refractivity contribution is 0.0606. The molecule has 23 heavy (non-hydrogen) atoms. The average molecular weight is 329 g/mol. The predicted octanol–water partition coefficient (Wildman–Crippen LogP) is 3.82. The van der Waals surface area contributed by atoms with Crippen molar-refractivity contribution in [1.82, 2.24) is 4.90 Å². The van der Waals surface area contributed by atoms with Crippen molar-refractivity contribution in [3.63, 3.8) is 0 Å². The zero-order chi connectivity index (χ0) is 16.4. The Bertz CT molecular complexity index is 720. The van der Waals surface area contributed by atoms with E-state index in [1.807, 2.05) is 4.90 Å². The van der Waals surface area contributed by atoms with Gasteiger partial charge in [-0.2, -0.15) is 0 Å². The molecule has 1 fully saturated rings. The fraction of sp³-hybridized carbons (Fsp3) is 0.333. The molecule has 3 rings (SSSR count). The number of ether oxygens (including phenoxy) is 1. The Morgan fingerprint density at radius 1 is 1.13 bits per heavy atom. The highest BCUT2D eigenvalue weighted by atomic mass is 32.1. The highest BCUT2D eigenvalue weighted by Crippen LogP contribution is 2.34. The minimum atomic E-state index is -0.398. The van der Waals surface area contributed by atoms with Crippen molar-refractivity contribution in [2.45, 2.75) is 25.8 Å². The first-order valence-electron chi connectivity index (χ1n) is 7.66. The van der Waals surface area contributed by atoms with Gasteiger partial charge in [0.25, 0.3) is 5.91 Å². The Hall–Kier alpha value is -2.14. The van der Waals surface area contributed by atoms with Gasteiger partial charge < -0.3 is 9.64 Å². The quantitative estimate of drug-likeness (QED) is 0.804. The molecule has 0 aliphatic carbocycles. The molecular formula is C18H19NO3S. The van der Waals surface area contributed by atoms with E-state index in [4.69, 9.17) is 4.74 Å². The van der Waals surface area contributed by atoms with Crippen LogP contribution in [-0.2, 0) is 4.74 Å². The molecule has 1 aromatic heterocycles. The molecular weight excluding hydrogens is 310 g/mol. The molecule has 0 bridgehead atoms. The number of carbonyl (C=O) groups excluding carboxylic acids is 2. The third kappa shape index (κ3) is 3.15. The van der Waals surface area contributed by atoms with Crippen LogP contribution in [-0.4, -0.2) is 30.4 Å². The molecule has 2 aromatic rings. The molecule has 0 N–H and O–H groups in total. The fourth-order valence-corrected chi connectivity index (χ4v) is 3.83. The summed E-state index contributed by atoms with van der Waals surface area (Å²) in [6.07, 6.45) is 1.98. The maximum atomic E-state index is 12.8. The lowest BCUT2D eigenvalue weighted by Gasteiger charge is -2.24. The first kappa shape index (κ1) is 15.7. The average Bonchev–Trinajstić information content (AvgIpc) is 3.23. The van der Waals surface area contributed by atoms with Gasteiger partial charge in [-0.25, -0.2) is 4.79 Å². The van der Waals surface area contributed by atoms with Gasteiger partial charge in [-0.05, 0) is 37.5 Å². The maximum absolute atomic E-state index is 12.8. The molecule has 2 heterocycles. The van der Waals surface area contributed by atoms with E-state index in [-0.39, 0.29) is 11.9 Å². The summed E-state index contributed by atoms with van der Waals surface area (Å²) in [5.41, 5.74) is 2.39. The van der Waals surface area contributed by atoms with E-state index in [2.05, 4.69) is 31.2 Å². The van der Waals surface area contributed by atoms with E-state index in [0.29, 0.717) is 9.75 Å². The second kappa shape index (κ2) is 6.54. The number of hydrogen-bond acceptors (Lipinski definition) is 4. The van der Waals surface area contributed by atoms with Crippen molar-refractivity contribution in [3.05, 3.63) is 57.3 Å². The SMILES string of the molecule is COC(=O)c1ccc(C(=O)N2CCCC2c2ccc(C)cc2)s1. The molecule has 0 saturated carbocycles. The molecule has 1 atom stereocenters. The molecule has 0 spiro atoms. The highest BCUT2D eigenvalue weighted by molar-refractivity contribution is 7.15. The summed E-state index contributed by atoms with van der Waals surface area (Å²) in [7, 11) is 1.34. The molecule has 1 aliphatic rings. The maximum Gasteiger partial charge on any atom is 0.348 e. The van der Waals surface area contributed by atoms with Gasteiger partial charge in [0.15, 0.2) is 0 Å². The summed E-state index contributed by atoms with van der Waals surface area (Å²) in [6, 6.07) is 11.8. The Labute approximate surface area is 139 Å². The Kier molecular flexibility index (Phi) is 4.48. The van der Waals surface area contributed by atoms with E-state index in [1.54, 1.807) is 12.1 Å². The molecule has 120 valence electrons. The van der Waals surface area contributed by atoms with E-state index in [1.165, 1.54) is 29.6 Å². The van der Waals surface area contributed by atoms with E-state index >= 15 is 0 Å². The summed E-state index contributed by atoms with van der Waals surface area (Å²) in [6.45, 7) is 2.81. The molecule has 1 aliphatic heterocycles. The number of thiophene rings is 1. The van der Waals surface area contributed by atoms with Crippen LogP contribution in [0.4, 0.5) is 0 Å². The van der Waals surface area contributed by atoms with Gasteiger partial charge in [0, 0.05) is 6.54 Å². The standard InChI is InChI=1S/C18H19NO3S/c1-12-5-7-13(8-6-12)14-4-3-11-19(14)17(20)15-9-10-16(23-15)18(21)22-2/h5-10,14H,3-4,11H2,1-2H3. The van der Waals surface area contributed by atoms with Crippen LogP contribution >= 0.6 is 11.3 Å². The van der Waals surface area contributed by atoms with Gasteiger partial charge >= 0.3 is 5.97 Å².